The Bertz CT molecular complexity index is 788. The molecule has 0 aliphatic carbocycles. The summed E-state index contributed by atoms with van der Waals surface area (Å²) in [6.45, 7) is 10.7. The van der Waals surface area contributed by atoms with E-state index >= 15 is 0 Å². The standard InChI is InChI=1S/C24H34N4O.HI/c1-19-5-4-6-23(15-19)20(2)16-26-24(25-3)27-17-21-7-9-22(10-8-21)18-28-11-13-29-14-12-28;/h4-10,15,20H,11-14,16-18H2,1-3H3,(H2,25,26,27);1H. The van der Waals surface area contributed by atoms with Gasteiger partial charge < -0.3 is 15.4 Å². The van der Waals surface area contributed by atoms with Gasteiger partial charge in [-0.2, -0.15) is 0 Å². The van der Waals surface area contributed by atoms with Gasteiger partial charge in [0, 0.05) is 39.8 Å². The molecule has 0 radical (unpaired) electrons. The van der Waals surface area contributed by atoms with Gasteiger partial charge in [-0.25, -0.2) is 0 Å². The molecule has 5 nitrogen and oxygen atoms in total. The highest BCUT2D eigenvalue weighted by atomic mass is 127. The number of aryl methyl sites for hydroxylation is 1. The van der Waals surface area contributed by atoms with Crippen LogP contribution in [-0.4, -0.2) is 50.8 Å². The van der Waals surface area contributed by atoms with Gasteiger partial charge in [0.1, 0.15) is 0 Å². The Kier molecular flexibility index (Phi) is 10.6. The predicted molar refractivity (Wildman–Crippen MR) is 136 cm³/mol. The van der Waals surface area contributed by atoms with Crippen molar-refractivity contribution in [2.45, 2.75) is 32.9 Å². The van der Waals surface area contributed by atoms with Crippen LogP contribution < -0.4 is 10.6 Å². The molecule has 1 aliphatic heterocycles. The second-order valence-electron chi connectivity index (χ2n) is 7.83. The van der Waals surface area contributed by atoms with Crippen molar-refractivity contribution in [3.05, 3.63) is 70.8 Å². The first-order chi connectivity index (χ1) is 14.1. The molecule has 2 aromatic carbocycles. The third-order valence-corrected chi connectivity index (χ3v) is 5.40. The molecule has 164 valence electrons. The van der Waals surface area contributed by atoms with Crippen LogP contribution in [0.15, 0.2) is 53.5 Å². The van der Waals surface area contributed by atoms with E-state index in [4.69, 9.17) is 4.74 Å². The highest BCUT2D eigenvalue weighted by Crippen LogP contribution is 2.15. The van der Waals surface area contributed by atoms with Crippen LogP contribution in [0.4, 0.5) is 0 Å². The van der Waals surface area contributed by atoms with Crippen LogP contribution in [0, 0.1) is 6.92 Å². The lowest BCUT2D eigenvalue weighted by atomic mass is 9.99. The van der Waals surface area contributed by atoms with Gasteiger partial charge in [0.2, 0.25) is 0 Å². The number of morpholine rings is 1. The van der Waals surface area contributed by atoms with Gasteiger partial charge in [-0.3, -0.25) is 9.89 Å². The fourth-order valence-electron chi connectivity index (χ4n) is 3.53. The summed E-state index contributed by atoms with van der Waals surface area (Å²) in [6.07, 6.45) is 0. The summed E-state index contributed by atoms with van der Waals surface area (Å²) < 4.78 is 5.42. The van der Waals surface area contributed by atoms with Crippen LogP contribution in [0.1, 0.15) is 35.1 Å². The van der Waals surface area contributed by atoms with E-state index in [0.717, 1.165) is 51.9 Å². The van der Waals surface area contributed by atoms with Crippen molar-refractivity contribution in [1.82, 2.24) is 15.5 Å². The molecule has 0 aromatic heterocycles. The minimum Gasteiger partial charge on any atom is -0.379 e. The van der Waals surface area contributed by atoms with Crippen LogP contribution in [0.3, 0.4) is 0 Å². The molecule has 0 spiro atoms. The highest BCUT2D eigenvalue weighted by molar-refractivity contribution is 14.0. The van der Waals surface area contributed by atoms with E-state index < -0.39 is 0 Å². The Morgan fingerprint density at radius 1 is 1.07 bits per heavy atom. The lowest BCUT2D eigenvalue weighted by Crippen LogP contribution is -2.38. The van der Waals surface area contributed by atoms with Gasteiger partial charge in [0.25, 0.3) is 0 Å². The summed E-state index contributed by atoms with van der Waals surface area (Å²) in [5.74, 6) is 1.26. The maximum atomic E-state index is 5.42. The van der Waals surface area contributed by atoms with Crippen molar-refractivity contribution in [2.24, 2.45) is 4.99 Å². The molecule has 1 aliphatic rings. The molecule has 6 heteroatoms. The van der Waals surface area contributed by atoms with E-state index in [-0.39, 0.29) is 24.0 Å². The highest BCUT2D eigenvalue weighted by Gasteiger charge is 2.10. The zero-order valence-corrected chi connectivity index (χ0v) is 20.7. The summed E-state index contributed by atoms with van der Waals surface area (Å²) in [4.78, 5) is 6.80. The predicted octanol–water partition coefficient (Wildman–Crippen LogP) is 3.91. The number of rotatable bonds is 7. The van der Waals surface area contributed by atoms with Crippen molar-refractivity contribution in [1.29, 1.82) is 0 Å². The van der Waals surface area contributed by atoms with Gasteiger partial charge in [-0.1, -0.05) is 61.0 Å². The molecule has 30 heavy (non-hydrogen) atoms. The zero-order chi connectivity index (χ0) is 20.5. The lowest BCUT2D eigenvalue weighted by Gasteiger charge is -2.26. The number of benzene rings is 2. The first-order valence-electron chi connectivity index (χ1n) is 10.5. The molecule has 0 amide bonds. The Balaban J connectivity index is 0.00000320. The normalized spacial score (nSPS) is 15.9. The van der Waals surface area contributed by atoms with Crippen molar-refractivity contribution in [2.75, 3.05) is 39.9 Å². The largest absolute Gasteiger partial charge is 0.379 e. The Labute approximate surface area is 198 Å². The molecule has 3 rings (SSSR count). The first kappa shape index (κ1) is 24.6. The molecule has 1 atom stereocenters. The molecule has 1 fully saturated rings. The van der Waals surface area contributed by atoms with Gasteiger partial charge >= 0.3 is 0 Å². The summed E-state index contributed by atoms with van der Waals surface area (Å²) in [6, 6.07) is 17.5. The van der Waals surface area contributed by atoms with Crippen LogP contribution >= 0.6 is 24.0 Å². The number of nitrogens with one attached hydrogen (secondary N) is 2. The summed E-state index contributed by atoms with van der Waals surface area (Å²) >= 11 is 0. The fourth-order valence-corrected chi connectivity index (χ4v) is 3.53. The maximum Gasteiger partial charge on any atom is 0.191 e. The van der Waals surface area contributed by atoms with Gasteiger partial charge in [-0.15, -0.1) is 24.0 Å². The molecular weight excluding hydrogens is 487 g/mol. The average molecular weight is 522 g/mol. The van der Waals surface area contributed by atoms with Crippen LogP contribution in [-0.2, 0) is 17.8 Å². The number of nitrogens with zero attached hydrogens (tertiary/aromatic N) is 2. The molecule has 1 saturated heterocycles. The number of hydrogen-bond donors (Lipinski definition) is 2. The van der Waals surface area contributed by atoms with Crippen molar-refractivity contribution >= 4 is 29.9 Å². The second-order valence-corrected chi connectivity index (χ2v) is 7.83. The van der Waals surface area contributed by atoms with E-state index in [0.29, 0.717) is 5.92 Å². The first-order valence-corrected chi connectivity index (χ1v) is 10.5. The lowest BCUT2D eigenvalue weighted by molar-refractivity contribution is 0.0342. The van der Waals surface area contributed by atoms with E-state index in [1.165, 1.54) is 22.3 Å². The molecule has 0 bridgehead atoms. The maximum absolute atomic E-state index is 5.42. The Hall–Kier alpha value is -1.64. The van der Waals surface area contributed by atoms with Gasteiger partial charge in [0.05, 0.1) is 13.2 Å². The number of hydrogen-bond acceptors (Lipinski definition) is 3. The SMILES string of the molecule is CN=C(NCc1ccc(CN2CCOCC2)cc1)NCC(C)c1cccc(C)c1.I. The average Bonchev–Trinajstić information content (AvgIpc) is 2.75. The topological polar surface area (TPSA) is 48.9 Å². The molecule has 0 saturated carbocycles. The third-order valence-electron chi connectivity index (χ3n) is 5.40. The monoisotopic (exact) mass is 522 g/mol. The van der Waals surface area contributed by atoms with E-state index in [2.05, 4.69) is 82.9 Å². The summed E-state index contributed by atoms with van der Waals surface area (Å²) in [5.41, 5.74) is 5.26. The third kappa shape index (κ3) is 7.89. The number of aliphatic imine (C=N–C) groups is 1. The van der Waals surface area contributed by atoms with Crippen LogP contribution in [0.5, 0.6) is 0 Å². The van der Waals surface area contributed by atoms with Crippen molar-refractivity contribution in [3.63, 3.8) is 0 Å². The molecule has 2 aromatic rings. The molecule has 1 heterocycles. The number of halogens is 1. The van der Waals surface area contributed by atoms with Crippen molar-refractivity contribution < 1.29 is 4.74 Å². The van der Waals surface area contributed by atoms with E-state index in [1.54, 1.807) is 0 Å². The fraction of sp³-hybridized carbons (Fsp3) is 0.458. The van der Waals surface area contributed by atoms with Gasteiger partial charge in [-0.05, 0) is 29.5 Å². The Morgan fingerprint density at radius 3 is 2.43 bits per heavy atom. The van der Waals surface area contributed by atoms with Gasteiger partial charge in [0.15, 0.2) is 5.96 Å². The minimum atomic E-state index is 0. The molecular formula is C24H35IN4O. The minimum absolute atomic E-state index is 0. The van der Waals surface area contributed by atoms with Crippen LogP contribution in [0.2, 0.25) is 0 Å². The second kappa shape index (κ2) is 12.9. The quantitative estimate of drug-likeness (QED) is 0.329. The Morgan fingerprint density at radius 2 is 1.77 bits per heavy atom. The van der Waals surface area contributed by atoms with Crippen LogP contribution in [0.25, 0.3) is 0 Å². The summed E-state index contributed by atoms with van der Waals surface area (Å²) in [5, 5.41) is 6.86. The van der Waals surface area contributed by atoms with E-state index in [9.17, 15) is 0 Å². The number of ether oxygens (including phenoxy) is 1. The number of guanidine groups is 1. The van der Waals surface area contributed by atoms with Crippen molar-refractivity contribution in [3.8, 4) is 0 Å². The summed E-state index contributed by atoms with van der Waals surface area (Å²) in [7, 11) is 1.82. The smallest absolute Gasteiger partial charge is 0.191 e. The molecule has 2 N–H and O–H groups in total. The zero-order valence-electron chi connectivity index (χ0n) is 18.4. The molecule has 1 unspecified atom stereocenters. The van der Waals surface area contributed by atoms with E-state index in [1.807, 2.05) is 7.05 Å².